The highest BCUT2D eigenvalue weighted by molar-refractivity contribution is 7.12. The second-order valence-corrected chi connectivity index (χ2v) is 6.08. The fourth-order valence-electron chi connectivity index (χ4n) is 2.35. The van der Waals surface area contributed by atoms with Crippen LogP contribution in [0.4, 0.5) is 0 Å². The van der Waals surface area contributed by atoms with Crippen LogP contribution in [0.2, 0.25) is 0 Å². The standard InChI is InChI=1S/C16H16N4O2S/c1-10-7-13(9-17-18-16(21)14-5-4-6-23-14)12(3)20(10)15-8-11(2)22-19-15/h4-9H,1-3H3,(H,18,21)/b17-9-. The summed E-state index contributed by atoms with van der Waals surface area (Å²) in [5.74, 6) is 1.28. The molecule has 0 aliphatic rings. The normalized spacial score (nSPS) is 11.3. The van der Waals surface area contributed by atoms with Crippen LogP contribution in [0.5, 0.6) is 0 Å². The molecule has 0 bridgehead atoms. The lowest BCUT2D eigenvalue weighted by molar-refractivity contribution is 0.0959. The fourth-order valence-corrected chi connectivity index (χ4v) is 2.97. The minimum atomic E-state index is -0.211. The molecule has 118 valence electrons. The van der Waals surface area contributed by atoms with Crippen molar-refractivity contribution in [2.45, 2.75) is 20.8 Å². The molecule has 3 aromatic heterocycles. The van der Waals surface area contributed by atoms with Crippen LogP contribution in [-0.4, -0.2) is 21.8 Å². The number of rotatable bonds is 4. The quantitative estimate of drug-likeness (QED) is 0.590. The van der Waals surface area contributed by atoms with Gasteiger partial charge in [0.15, 0.2) is 5.82 Å². The predicted octanol–water partition coefficient (Wildman–Crippen LogP) is 3.22. The van der Waals surface area contributed by atoms with Crippen LogP contribution in [0.3, 0.4) is 0 Å². The van der Waals surface area contributed by atoms with Crippen molar-refractivity contribution in [2.24, 2.45) is 5.10 Å². The Morgan fingerprint density at radius 3 is 2.87 bits per heavy atom. The minimum Gasteiger partial charge on any atom is -0.360 e. The molecule has 1 N–H and O–H groups in total. The number of aromatic nitrogens is 2. The summed E-state index contributed by atoms with van der Waals surface area (Å²) in [4.78, 5) is 12.5. The van der Waals surface area contributed by atoms with E-state index in [2.05, 4.69) is 15.7 Å². The van der Waals surface area contributed by atoms with E-state index in [4.69, 9.17) is 4.52 Å². The fraction of sp³-hybridized carbons (Fsp3) is 0.188. The Hall–Kier alpha value is -2.67. The Kier molecular flexibility index (Phi) is 4.12. The molecule has 3 rings (SSSR count). The van der Waals surface area contributed by atoms with Gasteiger partial charge in [0.05, 0.1) is 11.1 Å². The molecule has 0 radical (unpaired) electrons. The zero-order valence-corrected chi connectivity index (χ0v) is 13.8. The van der Waals surface area contributed by atoms with Crippen LogP contribution in [-0.2, 0) is 0 Å². The molecular formula is C16H16N4O2S. The lowest BCUT2D eigenvalue weighted by Crippen LogP contribution is -2.16. The van der Waals surface area contributed by atoms with Gasteiger partial charge in [-0.05, 0) is 38.3 Å². The highest BCUT2D eigenvalue weighted by atomic mass is 32.1. The number of nitrogens with one attached hydrogen (secondary N) is 1. The van der Waals surface area contributed by atoms with Gasteiger partial charge >= 0.3 is 0 Å². The molecule has 0 aliphatic carbocycles. The molecule has 0 saturated heterocycles. The van der Waals surface area contributed by atoms with Crippen LogP contribution >= 0.6 is 11.3 Å². The minimum absolute atomic E-state index is 0.211. The lowest BCUT2D eigenvalue weighted by Gasteiger charge is -2.03. The Morgan fingerprint density at radius 2 is 2.22 bits per heavy atom. The summed E-state index contributed by atoms with van der Waals surface area (Å²) in [6.45, 7) is 5.81. The summed E-state index contributed by atoms with van der Waals surface area (Å²) in [6, 6.07) is 7.45. The van der Waals surface area contributed by atoms with E-state index in [1.165, 1.54) is 11.3 Å². The van der Waals surface area contributed by atoms with Gasteiger partial charge in [-0.15, -0.1) is 11.3 Å². The van der Waals surface area contributed by atoms with Gasteiger partial charge in [0.1, 0.15) is 5.76 Å². The van der Waals surface area contributed by atoms with Crippen molar-refractivity contribution >= 4 is 23.5 Å². The molecule has 0 spiro atoms. The summed E-state index contributed by atoms with van der Waals surface area (Å²) in [7, 11) is 0. The molecule has 7 heteroatoms. The molecule has 0 atom stereocenters. The van der Waals surface area contributed by atoms with E-state index in [-0.39, 0.29) is 5.91 Å². The Bertz CT molecular complexity index is 859. The maximum absolute atomic E-state index is 11.8. The molecule has 3 aromatic rings. The second-order valence-electron chi connectivity index (χ2n) is 5.13. The average molecular weight is 328 g/mol. The van der Waals surface area contributed by atoms with Crippen molar-refractivity contribution in [1.29, 1.82) is 0 Å². The molecule has 0 saturated carbocycles. The van der Waals surface area contributed by atoms with Gasteiger partial charge in [0.2, 0.25) is 0 Å². The van der Waals surface area contributed by atoms with Crippen molar-refractivity contribution in [3.05, 3.63) is 57.2 Å². The third-order valence-corrected chi connectivity index (χ3v) is 4.30. The number of amides is 1. The smallest absolute Gasteiger partial charge is 0.281 e. The van der Waals surface area contributed by atoms with E-state index in [0.29, 0.717) is 4.88 Å². The number of carbonyl (C=O) groups is 1. The zero-order valence-electron chi connectivity index (χ0n) is 13.0. The third kappa shape index (κ3) is 3.09. The van der Waals surface area contributed by atoms with E-state index in [1.54, 1.807) is 12.3 Å². The van der Waals surface area contributed by atoms with E-state index in [9.17, 15) is 4.79 Å². The number of aryl methyl sites for hydroxylation is 2. The monoisotopic (exact) mass is 328 g/mol. The second kappa shape index (κ2) is 6.21. The van der Waals surface area contributed by atoms with Gasteiger partial charge < -0.3 is 4.52 Å². The molecule has 0 aromatic carbocycles. The highest BCUT2D eigenvalue weighted by Gasteiger charge is 2.12. The van der Waals surface area contributed by atoms with Gasteiger partial charge in [-0.3, -0.25) is 9.36 Å². The van der Waals surface area contributed by atoms with Gasteiger partial charge in [-0.25, -0.2) is 5.43 Å². The summed E-state index contributed by atoms with van der Waals surface area (Å²) in [6.07, 6.45) is 1.64. The Labute approximate surface area is 137 Å². The first-order chi connectivity index (χ1) is 11.1. The number of carbonyl (C=O) groups excluding carboxylic acids is 1. The van der Waals surface area contributed by atoms with Crippen molar-refractivity contribution in [1.82, 2.24) is 15.1 Å². The maximum Gasteiger partial charge on any atom is 0.281 e. The molecule has 0 fully saturated rings. The molecule has 6 nitrogen and oxygen atoms in total. The van der Waals surface area contributed by atoms with E-state index in [0.717, 1.165) is 28.5 Å². The number of nitrogens with zero attached hydrogens (tertiary/aromatic N) is 3. The SMILES string of the molecule is Cc1cc(-n2c(C)cc(/C=N\NC(=O)c3cccs3)c2C)no1. The number of hydrazone groups is 1. The van der Waals surface area contributed by atoms with Crippen molar-refractivity contribution in [2.75, 3.05) is 0 Å². The van der Waals surface area contributed by atoms with Crippen molar-refractivity contribution in [3.63, 3.8) is 0 Å². The molecule has 3 heterocycles. The molecular weight excluding hydrogens is 312 g/mol. The molecule has 0 unspecified atom stereocenters. The van der Waals surface area contributed by atoms with E-state index >= 15 is 0 Å². The first-order valence-corrected chi connectivity index (χ1v) is 7.94. The first-order valence-electron chi connectivity index (χ1n) is 7.06. The van der Waals surface area contributed by atoms with Crippen molar-refractivity contribution in [3.8, 4) is 5.82 Å². The number of thiophene rings is 1. The average Bonchev–Trinajstić information content (AvgIpc) is 3.22. The Morgan fingerprint density at radius 1 is 1.39 bits per heavy atom. The van der Waals surface area contributed by atoms with Crippen LogP contribution in [0.1, 0.15) is 32.4 Å². The van der Waals surface area contributed by atoms with Crippen LogP contribution in [0.15, 0.2) is 39.3 Å². The van der Waals surface area contributed by atoms with Crippen molar-refractivity contribution < 1.29 is 9.32 Å². The molecule has 23 heavy (non-hydrogen) atoms. The summed E-state index contributed by atoms with van der Waals surface area (Å²) in [5, 5.41) is 9.93. The first kappa shape index (κ1) is 15.2. The van der Waals surface area contributed by atoms with E-state index < -0.39 is 0 Å². The lowest BCUT2D eigenvalue weighted by atomic mass is 10.3. The number of hydrogen-bond acceptors (Lipinski definition) is 5. The van der Waals surface area contributed by atoms with Gasteiger partial charge in [-0.1, -0.05) is 11.2 Å². The predicted molar refractivity (Wildman–Crippen MR) is 89.4 cm³/mol. The molecule has 0 aliphatic heterocycles. The highest BCUT2D eigenvalue weighted by Crippen LogP contribution is 2.19. The Balaban J connectivity index is 1.79. The van der Waals surface area contributed by atoms with Crippen LogP contribution in [0.25, 0.3) is 5.82 Å². The third-order valence-electron chi connectivity index (χ3n) is 3.43. The molecule has 1 amide bonds. The number of hydrogen-bond donors (Lipinski definition) is 1. The zero-order chi connectivity index (χ0) is 16.4. The summed E-state index contributed by atoms with van der Waals surface area (Å²) in [5.41, 5.74) is 5.43. The van der Waals surface area contributed by atoms with Gasteiger partial charge in [0.25, 0.3) is 5.91 Å². The topological polar surface area (TPSA) is 72.4 Å². The maximum atomic E-state index is 11.8. The van der Waals surface area contributed by atoms with Gasteiger partial charge in [-0.2, -0.15) is 5.10 Å². The van der Waals surface area contributed by atoms with Gasteiger partial charge in [0, 0.05) is 23.0 Å². The van der Waals surface area contributed by atoms with E-state index in [1.807, 2.05) is 48.9 Å². The summed E-state index contributed by atoms with van der Waals surface area (Å²) < 4.78 is 7.12. The largest absolute Gasteiger partial charge is 0.360 e. The van der Waals surface area contributed by atoms with Crippen LogP contribution < -0.4 is 5.43 Å². The van der Waals surface area contributed by atoms with Crippen LogP contribution in [0, 0.1) is 20.8 Å². The summed E-state index contributed by atoms with van der Waals surface area (Å²) >= 11 is 1.38.